The summed E-state index contributed by atoms with van der Waals surface area (Å²) >= 11 is 0. The van der Waals surface area contributed by atoms with Crippen LogP contribution in [-0.2, 0) is 0 Å². The topological polar surface area (TPSA) is 46.4 Å². The Morgan fingerprint density at radius 3 is 2.42 bits per heavy atom. The predicted molar refractivity (Wildman–Crippen MR) is 70.8 cm³/mol. The van der Waals surface area contributed by atoms with Gasteiger partial charge in [0.05, 0.1) is 4.92 Å². The van der Waals surface area contributed by atoms with E-state index in [0.29, 0.717) is 5.41 Å². The molecule has 0 unspecified atom stereocenters. The minimum absolute atomic E-state index is 0.121. The number of rotatable bonds is 2. The number of piperidine rings is 1. The fraction of sp³-hybridized carbons (Fsp3) is 0.571. The predicted octanol–water partition coefficient (Wildman–Crippen LogP) is 3.50. The highest BCUT2D eigenvalue weighted by molar-refractivity contribution is 5.64. The Labute approximate surface area is 111 Å². The van der Waals surface area contributed by atoms with E-state index in [9.17, 15) is 14.5 Å². The summed E-state index contributed by atoms with van der Waals surface area (Å²) in [5.41, 5.74) is 0.502. The molecular weight excluding hydrogens is 247 g/mol. The molecule has 1 aromatic carbocycles. The highest BCUT2D eigenvalue weighted by atomic mass is 19.1. The molecule has 5 heteroatoms. The minimum atomic E-state index is -0.494. The quantitative estimate of drug-likeness (QED) is 0.606. The van der Waals surface area contributed by atoms with Gasteiger partial charge in [0.2, 0.25) is 0 Å². The number of hydrogen-bond acceptors (Lipinski definition) is 3. The molecule has 0 radical (unpaired) electrons. The van der Waals surface area contributed by atoms with Crippen LogP contribution in [0.1, 0.15) is 32.1 Å². The smallest absolute Gasteiger partial charge is 0.295 e. The molecule has 2 fully saturated rings. The summed E-state index contributed by atoms with van der Waals surface area (Å²) in [5.74, 6) is -0.487. The molecule has 3 rings (SSSR count). The second-order valence-corrected chi connectivity index (χ2v) is 5.71. The number of hydrogen-bond donors (Lipinski definition) is 0. The van der Waals surface area contributed by atoms with Crippen molar-refractivity contribution in [3.63, 3.8) is 0 Å². The van der Waals surface area contributed by atoms with Gasteiger partial charge in [0, 0.05) is 19.2 Å². The van der Waals surface area contributed by atoms with Crippen LogP contribution in [0.15, 0.2) is 18.2 Å². The highest BCUT2D eigenvalue weighted by Crippen LogP contribution is 2.50. The van der Waals surface area contributed by atoms with Crippen molar-refractivity contribution in [3.05, 3.63) is 34.1 Å². The number of anilines is 1. The van der Waals surface area contributed by atoms with E-state index in [4.69, 9.17) is 0 Å². The molecule has 2 aliphatic rings. The zero-order valence-corrected chi connectivity index (χ0v) is 10.8. The van der Waals surface area contributed by atoms with Crippen LogP contribution in [0.25, 0.3) is 0 Å². The number of halogens is 1. The van der Waals surface area contributed by atoms with E-state index >= 15 is 0 Å². The summed E-state index contributed by atoms with van der Waals surface area (Å²) in [7, 11) is 0. The van der Waals surface area contributed by atoms with E-state index < -0.39 is 10.7 Å². The van der Waals surface area contributed by atoms with Crippen LogP contribution >= 0.6 is 0 Å². The van der Waals surface area contributed by atoms with Crippen LogP contribution in [0, 0.1) is 21.3 Å². The monoisotopic (exact) mass is 264 g/mol. The first-order valence-electron chi connectivity index (χ1n) is 6.79. The van der Waals surface area contributed by atoms with Crippen molar-refractivity contribution in [2.24, 2.45) is 5.41 Å². The minimum Gasteiger partial charge on any atom is -0.364 e. The molecule has 102 valence electrons. The molecule has 0 N–H and O–H groups in total. The molecule has 19 heavy (non-hydrogen) atoms. The molecule has 1 aliphatic carbocycles. The summed E-state index contributed by atoms with van der Waals surface area (Å²) in [5, 5.41) is 11.0. The van der Waals surface area contributed by atoms with Gasteiger partial charge in [-0.3, -0.25) is 10.1 Å². The van der Waals surface area contributed by atoms with E-state index in [2.05, 4.69) is 0 Å². The maximum absolute atomic E-state index is 13.9. The number of nitrogens with zero attached hydrogens (tertiary/aromatic N) is 2. The lowest BCUT2D eigenvalue weighted by atomic mass is 9.63. The Morgan fingerprint density at radius 2 is 1.89 bits per heavy atom. The third-order valence-electron chi connectivity index (χ3n) is 4.72. The maximum atomic E-state index is 13.9. The van der Waals surface area contributed by atoms with Crippen molar-refractivity contribution in [2.45, 2.75) is 32.1 Å². The van der Waals surface area contributed by atoms with E-state index in [0.717, 1.165) is 25.9 Å². The van der Waals surface area contributed by atoms with Crippen LogP contribution in [0.5, 0.6) is 0 Å². The second-order valence-electron chi connectivity index (χ2n) is 5.71. The fourth-order valence-corrected chi connectivity index (χ4v) is 3.35. The van der Waals surface area contributed by atoms with Gasteiger partial charge in [0.15, 0.2) is 11.5 Å². The van der Waals surface area contributed by atoms with E-state index in [1.807, 2.05) is 4.90 Å². The Balaban J connectivity index is 1.85. The molecule has 1 spiro atoms. The van der Waals surface area contributed by atoms with Gasteiger partial charge in [-0.2, -0.15) is 0 Å². The van der Waals surface area contributed by atoms with Gasteiger partial charge in [0.1, 0.15) is 0 Å². The van der Waals surface area contributed by atoms with Crippen LogP contribution in [0.4, 0.5) is 15.8 Å². The van der Waals surface area contributed by atoms with E-state index in [1.165, 1.54) is 37.5 Å². The third kappa shape index (κ3) is 2.07. The fourth-order valence-electron chi connectivity index (χ4n) is 3.35. The van der Waals surface area contributed by atoms with Gasteiger partial charge in [-0.05, 0) is 37.2 Å². The zero-order valence-electron chi connectivity index (χ0n) is 10.8. The van der Waals surface area contributed by atoms with Crippen molar-refractivity contribution >= 4 is 11.4 Å². The Kier molecular flexibility index (Phi) is 2.92. The molecule has 1 saturated heterocycles. The summed E-state index contributed by atoms with van der Waals surface area (Å²) < 4.78 is 13.9. The Bertz CT molecular complexity index is 504. The van der Waals surface area contributed by atoms with E-state index in [1.54, 1.807) is 0 Å². The van der Waals surface area contributed by atoms with Gasteiger partial charge in [-0.1, -0.05) is 12.5 Å². The normalized spacial score (nSPS) is 21.2. The lowest BCUT2D eigenvalue weighted by molar-refractivity contribution is -0.384. The first-order valence-corrected chi connectivity index (χ1v) is 6.79. The van der Waals surface area contributed by atoms with Crippen molar-refractivity contribution in [1.29, 1.82) is 0 Å². The van der Waals surface area contributed by atoms with Crippen LogP contribution in [0.3, 0.4) is 0 Å². The molecule has 1 saturated carbocycles. The Hall–Kier alpha value is -1.65. The first-order chi connectivity index (χ1) is 9.11. The molecule has 1 aromatic rings. The summed E-state index contributed by atoms with van der Waals surface area (Å²) in [6.07, 6.45) is 5.87. The van der Waals surface area contributed by atoms with Crippen molar-refractivity contribution < 1.29 is 9.31 Å². The number of para-hydroxylation sites is 1. The number of benzene rings is 1. The molecule has 0 aromatic heterocycles. The van der Waals surface area contributed by atoms with Crippen molar-refractivity contribution in [2.75, 3.05) is 18.0 Å². The third-order valence-corrected chi connectivity index (χ3v) is 4.72. The highest BCUT2D eigenvalue weighted by Gasteiger charge is 2.40. The van der Waals surface area contributed by atoms with Crippen molar-refractivity contribution in [1.82, 2.24) is 0 Å². The van der Waals surface area contributed by atoms with Gasteiger partial charge < -0.3 is 4.90 Å². The van der Waals surface area contributed by atoms with Crippen LogP contribution in [-0.4, -0.2) is 18.0 Å². The lowest BCUT2D eigenvalue weighted by Gasteiger charge is -2.48. The molecule has 1 heterocycles. The molecule has 0 atom stereocenters. The van der Waals surface area contributed by atoms with Gasteiger partial charge in [-0.15, -0.1) is 0 Å². The molecule has 0 bridgehead atoms. The average Bonchev–Trinajstić information content (AvgIpc) is 2.37. The lowest BCUT2D eigenvalue weighted by Crippen LogP contribution is -2.44. The largest absolute Gasteiger partial charge is 0.364 e. The van der Waals surface area contributed by atoms with Gasteiger partial charge in [0.25, 0.3) is 5.69 Å². The van der Waals surface area contributed by atoms with Gasteiger partial charge in [-0.25, -0.2) is 4.39 Å². The molecular formula is C14H17FN2O2. The Morgan fingerprint density at radius 1 is 1.21 bits per heavy atom. The first kappa shape index (κ1) is 12.4. The number of nitro benzene ring substituents is 1. The molecule has 4 nitrogen and oxygen atoms in total. The van der Waals surface area contributed by atoms with Gasteiger partial charge >= 0.3 is 0 Å². The summed E-state index contributed by atoms with van der Waals surface area (Å²) in [4.78, 5) is 12.4. The standard InChI is InChI=1S/C14H17FN2O2/c15-11-3-1-4-12(17(18)19)13(11)16-9-7-14(8-10-16)5-2-6-14/h1,3-4H,2,5-10H2. The van der Waals surface area contributed by atoms with E-state index in [-0.39, 0.29) is 11.4 Å². The maximum Gasteiger partial charge on any atom is 0.295 e. The molecule has 0 amide bonds. The summed E-state index contributed by atoms with van der Waals surface area (Å²) in [6, 6.07) is 4.08. The summed E-state index contributed by atoms with van der Waals surface area (Å²) in [6.45, 7) is 1.45. The SMILES string of the molecule is O=[N+]([O-])c1cccc(F)c1N1CCC2(CCC2)CC1. The van der Waals surface area contributed by atoms with Crippen LogP contribution < -0.4 is 4.90 Å². The molecule has 1 aliphatic heterocycles. The second kappa shape index (κ2) is 4.47. The average molecular weight is 264 g/mol. The van der Waals surface area contributed by atoms with Crippen LogP contribution in [0.2, 0.25) is 0 Å². The number of nitro groups is 1. The zero-order chi connectivity index (χ0) is 13.5. The van der Waals surface area contributed by atoms with Crippen molar-refractivity contribution in [3.8, 4) is 0 Å².